The molecule has 0 aliphatic heterocycles. The number of nitrogens with two attached hydrogens (primary N) is 1. The SMILES string of the molecule is COCCC(C)Nc1ccc(Cl)cc1N. The Morgan fingerprint density at radius 1 is 1.53 bits per heavy atom. The molecular weight excluding hydrogens is 212 g/mol. The zero-order valence-electron chi connectivity index (χ0n) is 9.09. The fourth-order valence-electron chi connectivity index (χ4n) is 1.30. The zero-order valence-corrected chi connectivity index (χ0v) is 9.84. The molecule has 0 fully saturated rings. The maximum absolute atomic E-state index is 5.82. The molecule has 84 valence electrons. The summed E-state index contributed by atoms with van der Waals surface area (Å²) in [4.78, 5) is 0. The van der Waals surface area contributed by atoms with E-state index >= 15 is 0 Å². The third-order valence-electron chi connectivity index (χ3n) is 2.17. The van der Waals surface area contributed by atoms with E-state index in [9.17, 15) is 0 Å². The number of benzene rings is 1. The van der Waals surface area contributed by atoms with Gasteiger partial charge < -0.3 is 15.8 Å². The molecule has 3 nitrogen and oxygen atoms in total. The highest BCUT2D eigenvalue weighted by Crippen LogP contribution is 2.23. The smallest absolute Gasteiger partial charge is 0.0577 e. The largest absolute Gasteiger partial charge is 0.397 e. The Balaban J connectivity index is 2.56. The van der Waals surface area contributed by atoms with Gasteiger partial charge in [0.2, 0.25) is 0 Å². The fourth-order valence-corrected chi connectivity index (χ4v) is 1.48. The maximum atomic E-state index is 5.82. The number of methoxy groups -OCH3 is 1. The van der Waals surface area contributed by atoms with Crippen molar-refractivity contribution in [3.05, 3.63) is 23.2 Å². The number of ether oxygens (including phenoxy) is 1. The van der Waals surface area contributed by atoms with Crippen LogP contribution in [-0.4, -0.2) is 19.8 Å². The van der Waals surface area contributed by atoms with Crippen LogP contribution in [0.5, 0.6) is 0 Å². The molecule has 0 saturated heterocycles. The van der Waals surface area contributed by atoms with Crippen molar-refractivity contribution in [1.29, 1.82) is 0 Å². The first-order valence-corrected chi connectivity index (χ1v) is 5.31. The summed E-state index contributed by atoms with van der Waals surface area (Å²) in [6.07, 6.45) is 0.943. The molecule has 0 aliphatic carbocycles. The molecule has 0 spiro atoms. The third kappa shape index (κ3) is 3.98. The minimum atomic E-state index is 0.327. The molecule has 0 saturated carbocycles. The first-order valence-electron chi connectivity index (χ1n) is 4.94. The van der Waals surface area contributed by atoms with Crippen LogP contribution >= 0.6 is 11.6 Å². The number of nitrogens with one attached hydrogen (secondary N) is 1. The molecule has 0 radical (unpaired) electrons. The van der Waals surface area contributed by atoms with Crippen LogP contribution in [0.3, 0.4) is 0 Å². The highest BCUT2D eigenvalue weighted by Gasteiger charge is 2.04. The standard InChI is InChI=1S/C11H17ClN2O/c1-8(5-6-15-2)14-11-4-3-9(12)7-10(11)13/h3-4,7-8,14H,5-6,13H2,1-2H3. The molecule has 0 bridgehead atoms. The summed E-state index contributed by atoms with van der Waals surface area (Å²) in [7, 11) is 1.70. The van der Waals surface area contributed by atoms with Gasteiger partial charge in [-0.25, -0.2) is 0 Å². The van der Waals surface area contributed by atoms with Crippen LogP contribution < -0.4 is 11.1 Å². The summed E-state index contributed by atoms with van der Waals surface area (Å²) in [5.41, 5.74) is 7.41. The van der Waals surface area contributed by atoms with Crippen LogP contribution in [0.25, 0.3) is 0 Å². The van der Waals surface area contributed by atoms with Crippen molar-refractivity contribution in [2.75, 3.05) is 24.8 Å². The highest BCUT2D eigenvalue weighted by molar-refractivity contribution is 6.31. The van der Waals surface area contributed by atoms with Gasteiger partial charge in [0.15, 0.2) is 0 Å². The van der Waals surface area contributed by atoms with Gasteiger partial charge in [0.05, 0.1) is 11.4 Å². The van der Waals surface area contributed by atoms with Crippen LogP contribution in [0.15, 0.2) is 18.2 Å². The molecule has 15 heavy (non-hydrogen) atoms. The van der Waals surface area contributed by atoms with Crippen molar-refractivity contribution in [2.24, 2.45) is 0 Å². The van der Waals surface area contributed by atoms with Gasteiger partial charge in [0, 0.05) is 24.8 Å². The highest BCUT2D eigenvalue weighted by atomic mass is 35.5. The van der Waals surface area contributed by atoms with E-state index in [1.165, 1.54) is 0 Å². The lowest BCUT2D eigenvalue weighted by Crippen LogP contribution is -2.17. The average molecular weight is 229 g/mol. The molecule has 0 heterocycles. The van der Waals surface area contributed by atoms with E-state index in [2.05, 4.69) is 12.2 Å². The first kappa shape index (κ1) is 12.1. The summed E-state index contributed by atoms with van der Waals surface area (Å²) in [5, 5.41) is 3.96. The number of rotatable bonds is 5. The molecule has 0 aliphatic rings. The molecule has 1 aromatic carbocycles. The molecule has 1 rings (SSSR count). The van der Waals surface area contributed by atoms with Crippen molar-refractivity contribution >= 4 is 23.0 Å². The molecule has 4 heteroatoms. The number of halogens is 1. The Morgan fingerprint density at radius 2 is 2.27 bits per heavy atom. The summed E-state index contributed by atoms with van der Waals surface area (Å²) in [5.74, 6) is 0. The van der Waals surface area contributed by atoms with Crippen LogP contribution in [-0.2, 0) is 4.74 Å². The quantitative estimate of drug-likeness (QED) is 0.762. The first-order chi connectivity index (χ1) is 7.13. The van der Waals surface area contributed by atoms with Gasteiger partial charge >= 0.3 is 0 Å². The van der Waals surface area contributed by atoms with Gasteiger partial charge in [-0.1, -0.05) is 11.6 Å². The van der Waals surface area contributed by atoms with Crippen molar-refractivity contribution in [3.8, 4) is 0 Å². The van der Waals surface area contributed by atoms with Crippen molar-refractivity contribution in [1.82, 2.24) is 0 Å². The van der Waals surface area contributed by atoms with Crippen molar-refractivity contribution in [2.45, 2.75) is 19.4 Å². The second kappa shape index (κ2) is 5.83. The lowest BCUT2D eigenvalue weighted by Gasteiger charge is -2.16. The van der Waals surface area contributed by atoms with Crippen molar-refractivity contribution in [3.63, 3.8) is 0 Å². The zero-order chi connectivity index (χ0) is 11.3. The molecular formula is C11H17ClN2O. The minimum absolute atomic E-state index is 0.327. The monoisotopic (exact) mass is 228 g/mol. The Labute approximate surface area is 95.6 Å². The van der Waals surface area contributed by atoms with Gasteiger partial charge in [-0.3, -0.25) is 0 Å². The van der Waals surface area contributed by atoms with E-state index in [0.29, 0.717) is 16.8 Å². The summed E-state index contributed by atoms with van der Waals surface area (Å²) in [6.45, 7) is 2.83. The number of nitrogen functional groups attached to an aromatic ring is 1. The maximum Gasteiger partial charge on any atom is 0.0577 e. The molecule has 1 unspecified atom stereocenters. The average Bonchev–Trinajstić information content (AvgIpc) is 2.19. The fraction of sp³-hybridized carbons (Fsp3) is 0.455. The Morgan fingerprint density at radius 3 is 2.87 bits per heavy atom. The summed E-state index contributed by atoms with van der Waals surface area (Å²) < 4.78 is 5.01. The van der Waals surface area contributed by atoms with Crippen LogP contribution in [0.4, 0.5) is 11.4 Å². The van der Waals surface area contributed by atoms with Gasteiger partial charge in [0.25, 0.3) is 0 Å². The van der Waals surface area contributed by atoms with E-state index in [1.807, 2.05) is 12.1 Å². The van der Waals surface area contributed by atoms with E-state index in [4.69, 9.17) is 22.1 Å². The Bertz CT molecular complexity index is 317. The molecule has 0 aromatic heterocycles. The normalized spacial score (nSPS) is 12.5. The lowest BCUT2D eigenvalue weighted by molar-refractivity contribution is 0.191. The molecule has 1 aromatic rings. The minimum Gasteiger partial charge on any atom is -0.397 e. The van der Waals surface area contributed by atoms with E-state index in [1.54, 1.807) is 13.2 Å². The predicted molar refractivity (Wildman–Crippen MR) is 65.4 cm³/mol. The Hall–Kier alpha value is -0.930. The van der Waals surface area contributed by atoms with Gasteiger partial charge in [-0.05, 0) is 31.5 Å². The number of hydrogen-bond acceptors (Lipinski definition) is 3. The second-order valence-corrected chi connectivity index (χ2v) is 3.99. The third-order valence-corrected chi connectivity index (χ3v) is 2.41. The number of hydrogen-bond donors (Lipinski definition) is 2. The molecule has 1 atom stereocenters. The molecule has 3 N–H and O–H groups in total. The molecule has 0 amide bonds. The lowest BCUT2D eigenvalue weighted by atomic mass is 10.2. The van der Waals surface area contributed by atoms with E-state index in [-0.39, 0.29) is 0 Å². The summed E-state index contributed by atoms with van der Waals surface area (Å²) >= 11 is 5.81. The van der Waals surface area contributed by atoms with Crippen molar-refractivity contribution < 1.29 is 4.74 Å². The summed E-state index contributed by atoms with van der Waals surface area (Å²) in [6, 6.07) is 5.78. The van der Waals surface area contributed by atoms with Gasteiger partial charge in [-0.2, -0.15) is 0 Å². The van der Waals surface area contributed by atoms with E-state index < -0.39 is 0 Å². The van der Waals surface area contributed by atoms with Gasteiger partial charge in [0.1, 0.15) is 0 Å². The topological polar surface area (TPSA) is 47.3 Å². The Kier molecular flexibility index (Phi) is 4.72. The predicted octanol–water partition coefficient (Wildman–Crippen LogP) is 2.76. The second-order valence-electron chi connectivity index (χ2n) is 3.56. The van der Waals surface area contributed by atoms with Gasteiger partial charge in [-0.15, -0.1) is 0 Å². The van der Waals surface area contributed by atoms with Crippen LogP contribution in [0.1, 0.15) is 13.3 Å². The van der Waals surface area contributed by atoms with Crippen LogP contribution in [0.2, 0.25) is 5.02 Å². The number of anilines is 2. The van der Waals surface area contributed by atoms with E-state index in [0.717, 1.165) is 18.7 Å². The van der Waals surface area contributed by atoms with Crippen LogP contribution in [0, 0.1) is 0 Å².